The molecule has 3 unspecified atom stereocenters. The number of hydrogen-bond donors (Lipinski definition) is 0. The van der Waals surface area contributed by atoms with E-state index in [1.165, 1.54) is 16.7 Å². The first-order chi connectivity index (χ1) is 9.69. The van der Waals surface area contributed by atoms with Gasteiger partial charge in [0, 0.05) is 33.5 Å². The van der Waals surface area contributed by atoms with Gasteiger partial charge in [-0.3, -0.25) is 0 Å². The molecule has 0 radical (unpaired) electrons. The van der Waals surface area contributed by atoms with E-state index < -0.39 is 0 Å². The minimum atomic E-state index is -0.332. The highest BCUT2D eigenvalue weighted by Gasteiger charge is 2.27. The van der Waals surface area contributed by atoms with Crippen molar-refractivity contribution in [2.75, 3.05) is 17.3 Å². The summed E-state index contributed by atoms with van der Waals surface area (Å²) in [7, 11) is 0. The standard InChI is InChI=1S/C14H18O2S4/c1-3-13(15)16-10(2)7-17-8-11-9-19-14(20-11)12-5-4-6-18-12/h3-6,10-11,14H,1,7-9H2,2H3. The smallest absolute Gasteiger partial charge is 0.330 e. The first-order valence-corrected chi connectivity index (χ1v) is 10.4. The fourth-order valence-electron chi connectivity index (χ4n) is 1.76. The van der Waals surface area contributed by atoms with Crippen LogP contribution in [0.5, 0.6) is 0 Å². The molecule has 1 saturated heterocycles. The Morgan fingerprint density at radius 1 is 1.70 bits per heavy atom. The molecule has 1 fully saturated rings. The molecule has 6 heteroatoms. The zero-order valence-corrected chi connectivity index (χ0v) is 14.6. The van der Waals surface area contributed by atoms with Crippen LogP contribution in [0.15, 0.2) is 30.2 Å². The molecule has 2 rings (SSSR count). The fourth-order valence-corrected chi connectivity index (χ4v) is 7.60. The van der Waals surface area contributed by atoms with Crippen LogP contribution in [0.3, 0.4) is 0 Å². The lowest BCUT2D eigenvalue weighted by atomic mass is 10.5. The van der Waals surface area contributed by atoms with E-state index in [0.29, 0.717) is 9.83 Å². The third kappa shape index (κ3) is 5.06. The van der Waals surface area contributed by atoms with Crippen molar-refractivity contribution in [1.82, 2.24) is 0 Å². The van der Waals surface area contributed by atoms with Gasteiger partial charge in [-0.2, -0.15) is 11.8 Å². The molecule has 0 spiro atoms. The summed E-state index contributed by atoms with van der Waals surface area (Å²) < 4.78 is 5.76. The molecular formula is C14H18O2S4. The maximum Gasteiger partial charge on any atom is 0.330 e. The lowest BCUT2D eigenvalue weighted by Gasteiger charge is -2.13. The first kappa shape index (κ1) is 16.3. The van der Waals surface area contributed by atoms with Gasteiger partial charge in [-0.15, -0.1) is 34.9 Å². The van der Waals surface area contributed by atoms with Gasteiger partial charge >= 0.3 is 5.97 Å². The van der Waals surface area contributed by atoms with E-state index >= 15 is 0 Å². The van der Waals surface area contributed by atoms with Gasteiger partial charge in [0.2, 0.25) is 0 Å². The third-order valence-electron chi connectivity index (χ3n) is 2.67. The van der Waals surface area contributed by atoms with Crippen LogP contribution in [-0.4, -0.2) is 34.6 Å². The van der Waals surface area contributed by atoms with Gasteiger partial charge in [-0.05, 0) is 18.4 Å². The van der Waals surface area contributed by atoms with Gasteiger partial charge in [-0.25, -0.2) is 4.79 Å². The van der Waals surface area contributed by atoms with Crippen LogP contribution in [-0.2, 0) is 9.53 Å². The summed E-state index contributed by atoms with van der Waals surface area (Å²) in [5, 5.41) is 2.84. The summed E-state index contributed by atoms with van der Waals surface area (Å²) in [6.45, 7) is 5.33. The van der Waals surface area contributed by atoms with Crippen LogP contribution in [0.4, 0.5) is 0 Å². The maximum atomic E-state index is 11.1. The normalized spacial score (nSPS) is 23.4. The highest BCUT2D eigenvalue weighted by Crippen LogP contribution is 2.51. The van der Waals surface area contributed by atoms with E-state index in [4.69, 9.17) is 4.74 Å². The van der Waals surface area contributed by atoms with Gasteiger partial charge in [0.25, 0.3) is 0 Å². The Labute approximate surface area is 137 Å². The number of hydrogen-bond acceptors (Lipinski definition) is 6. The Balaban J connectivity index is 1.63. The molecule has 3 atom stereocenters. The number of ether oxygens (including phenoxy) is 1. The van der Waals surface area contributed by atoms with E-state index in [9.17, 15) is 4.79 Å². The van der Waals surface area contributed by atoms with Crippen LogP contribution < -0.4 is 0 Å². The largest absolute Gasteiger partial charge is 0.459 e. The van der Waals surface area contributed by atoms with Crippen LogP contribution in [0, 0.1) is 0 Å². The van der Waals surface area contributed by atoms with Crippen molar-refractivity contribution in [3.63, 3.8) is 0 Å². The predicted molar refractivity (Wildman–Crippen MR) is 94.0 cm³/mol. The Morgan fingerprint density at radius 2 is 2.55 bits per heavy atom. The van der Waals surface area contributed by atoms with Crippen molar-refractivity contribution in [1.29, 1.82) is 0 Å². The monoisotopic (exact) mass is 346 g/mol. The van der Waals surface area contributed by atoms with Crippen LogP contribution in [0.1, 0.15) is 16.4 Å². The molecule has 0 aromatic carbocycles. The Morgan fingerprint density at radius 3 is 3.25 bits per heavy atom. The Hall–Kier alpha value is -0.0400. The minimum absolute atomic E-state index is 0.0438. The molecule has 20 heavy (non-hydrogen) atoms. The zero-order chi connectivity index (χ0) is 14.4. The summed E-state index contributed by atoms with van der Waals surface area (Å²) in [5.41, 5.74) is 0. The molecule has 1 aliphatic heterocycles. The van der Waals surface area contributed by atoms with Crippen LogP contribution in [0.25, 0.3) is 0 Å². The summed E-state index contributed by atoms with van der Waals surface area (Å²) in [5.74, 6) is 2.85. The van der Waals surface area contributed by atoms with Gasteiger partial charge in [0.15, 0.2) is 0 Å². The molecular weight excluding hydrogens is 328 g/mol. The second-order valence-electron chi connectivity index (χ2n) is 4.43. The molecule has 1 aromatic rings. The number of esters is 1. The Bertz CT molecular complexity index is 432. The minimum Gasteiger partial charge on any atom is -0.459 e. The van der Waals surface area contributed by atoms with Crippen molar-refractivity contribution < 1.29 is 9.53 Å². The lowest BCUT2D eigenvalue weighted by molar-refractivity contribution is -0.141. The second kappa shape index (κ2) is 8.41. The van der Waals surface area contributed by atoms with Crippen molar-refractivity contribution >= 4 is 52.6 Å². The summed E-state index contributed by atoms with van der Waals surface area (Å²) >= 11 is 7.82. The van der Waals surface area contributed by atoms with E-state index in [1.807, 2.05) is 41.8 Å². The highest BCUT2D eigenvalue weighted by molar-refractivity contribution is 8.20. The summed E-state index contributed by atoms with van der Waals surface area (Å²) in [4.78, 5) is 12.5. The average molecular weight is 347 g/mol. The molecule has 0 bridgehead atoms. The van der Waals surface area contributed by atoms with Gasteiger partial charge < -0.3 is 4.74 Å². The number of carbonyl (C=O) groups is 1. The lowest BCUT2D eigenvalue weighted by Crippen LogP contribution is -2.17. The molecule has 0 aliphatic carbocycles. The number of thioether (sulfide) groups is 3. The average Bonchev–Trinajstić information content (AvgIpc) is 3.08. The van der Waals surface area contributed by atoms with Crippen molar-refractivity contribution in [3.8, 4) is 0 Å². The third-order valence-corrected chi connectivity index (χ3v) is 8.78. The van der Waals surface area contributed by atoms with E-state index in [2.05, 4.69) is 35.9 Å². The van der Waals surface area contributed by atoms with E-state index in [0.717, 1.165) is 11.5 Å². The zero-order valence-electron chi connectivity index (χ0n) is 11.3. The van der Waals surface area contributed by atoms with Crippen molar-refractivity contribution in [3.05, 3.63) is 35.0 Å². The molecule has 1 aromatic heterocycles. The molecule has 0 amide bonds. The van der Waals surface area contributed by atoms with Crippen molar-refractivity contribution in [2.24, 2.45) is 0 Å². The summed E-state index contributed by atoms with van der Waals surface area (Å²) in [6.07, 6.45) is 1.17. The van der Waals surface area contributed by atoms with Gasteiger partial charge in [0.05, 0.1) is 4.58 Å². The topological polar surface area (TPSA) is 26.3 Å². The van der Waals surface area contributed by atoms with Crippen molar-refractivity contribution in [2.45, 2.75) is 22.9 Å². The number of carbonyl (C=O) groups excluding carboxylic acids is 1. The molecule has 2 heterocycles. The van der Waals surface area contributed by atoms with E-state index in [-0.39, 0.29) is 12.1 Å². The van der Waals surface area contributed by atoms with Crippen LogP contribution >= 0.6 is 46.6 Å². The number of thiophene rings is 1. The maximum absolute atomic E-state index is 11.1. The fraction of sp³-hybridized carbons (Fsp3) is 0.500. The Kier molecular flexibility index (Phi) is 6.87. The molecule has 1 aliphatic rings. The first-order valence-electron chi connectivity index (χ1n) is 6.40. The highest BCUT2D eigenvalue weighted by atomic mass is 32.2. The van der Waals surface area contributed by atoms with Crippen LogP contribution in [0.2, 0.25) is 0 Å². The quantitative estimate of drug-likeness (QED) is 0.537. The molecule has 2 nitrogen and oxygen atoms in total. The number of rotatable bonds is 7. The van der Waals surface area contributed by atoms with Gasteiger partial charge in [-0.1, -0.05) is 12.6 Å². The molecule has 110 valence electrons. The molecule has 0 N–H and O–H groups in total. The van der Waals surface area contributed by atoms with Gasteiger partial charge in [0.1, 0.15) is 6.10 Å². The molecule has 0 saturated carbocycles. The summed E-state index contributed by atoms with van der Waals surface area (Å²) in [6, 6.07) is 4.35. The second-order valence-corrected chi connectivity index (χ2v) is 9.33. The van der Waals surface area contributed by atoms with E-state index in [1.54, 1.807) is 0 Å². The SMILES string of the molecule is C=CC(=O)OC(C)CSCC1CSC(c2cccs2)S1. The predicted octanol–water partition coefficient (Wildman–Crippen LogP) is 4.45.